The maximum atomic E-state index is 11.3. The molecule has 0 bridgehead atoms. The summed E-state index contributed by atoms with van der Waals surface area (Å²) in [5.74, 6) is 1.70. The zero-order valence-corrected chi connectivity index (χ0v) is 20.2. The molecule has 1 heterocycles. The van der Waals surface area contributed by atoms with E-state index in [-0.39, 0.29) is 13.2 Å². The van der Waals surface area contributed by atoms with Crippen molar-refractivity contribution in [3.05, 3.63) is 58.7 Å². The van der Waals surface area contributed by atoms with E-state index in [0.717, 1.165) is 47.8 Å². The van der Waals surface area contributed by atoms with Gasteiger partial charge < -0.3 is 24.2 Å². The van der Waals surface area contributed by atoms with Crippen LogP contribution in [0.25, 0.3) is 0 Å². The summed E-state index contributed by atoms with van der Waals surface area (Å²) in [6.45, 7) is 10.7. The predicted molar refractivity (Wildman–Crippen MR) is 128 cm³/mol. The van der Waals surface area contributed by atoms with Crippen LogP contribution in [0.3, 0.4) is 0 Å². The van der Waals surface area contributed by atoms with Gasteiger partial charge in [-0.2, -0.15) is 0 Å². The van der Waals surface area contributed by atoms with Crippen LogP contribution in [0, 0.1) is 20.8 Å². The molecule has 1 N–H and O–H groups in total. The normalized spacial score (nSPS) is 19.7. The van der Waals surface area contributed by atoms with Crippen molar-refractivity contribution in [1.29, 1.82) is 0 Å². The number of nitrogens with zero attached hydrogens (tertiary/aromatic N) is 2. The third-order valence-electron chi connectivity index (χ3n) is 5.81. The van der Waals surface area contributed by atoms with Gasteiger partial charge in [-0.25, -0.2) is 0 Å². The lowest BCUT2D eigenvalue weighted by molar-refractivity contribution is -0.0647. The molecule has 0 aromatic heterocycles. The Hall–Kier alpha value is -2.12. The van der Waals surface area contributed by atoms with Crippen LogP contribution in [0.2, 0.25) is 0 Å². The molecule has 1 fully saturated rings. The number of rotatable bonds is 9. The maximum absolute atomic E-state index is 11.3. The number of hydrogen-bond acceptors (Lipinski definition) is 6. The van der Waals surface area contributed by atoms with Crippen LogP contribution >= 0.6 is 0 Å². The zero-order valence-electron chi connectivity index (χ0n) is 20.2. The van der Waals surface area contributed by atoms with E-state index < -0.39 is 5.60 Å². The molecule has 176 valence electrons. The Balaban J connectivity index is 1.62. The van der Waals surface area contributed by atoms with Crippen LogP contribution in [0.5, 0.6) is 11.5 Å². The Morgan fingerprint density at radius 1 is 1.12 bits per heavy atom. The molecule has 0 amide bonds. The van der Waals surface area contributed by atoms with Gasteiger partial charge >= 0.3 is 0 Å². The van der Waals surface area contributed by atoms with Crippen molar-refractivity contribution < 1.29 is 19.3 Å². The molecule has 0 spiro atoms. The minimum Gasteiger partial charge on any atom is -0.492 e. The fourth-order valence-electron chi connectivity index (χ4n) is 3.92. The summed E-state index contributed by atoms with van der Waals surface area (Å²) in [5.41, 5.74) is 3.54. The van der Waals surface area contributed by atoms with Gasteiger partial charge in [0, 0.05) is 26.2 Å². The fraction of sp³-hybridized carbons (Fsp3) is 0.538. The van der Waals surface area contributed by atoms with E-state index in [9.17, 15) is 5.11 Å². The first-order valence-electron chi connectivity index (χ1n) is 11.3. The Morgan fingerprint density at radius 2 is 1.94 bits per heavy atom. The molecule has 6 nitrogen and oxygen atoms in total. The van der Waals surface area contributed by atoms with Gasteiger partial charge in [-0.3, -0.25) is 4.90 Å². The first kappa shape index (κ1) is 24.5. The number of ether oxygens (including phenoxy) is 3. The monoisotopic (exact) mass is 442 g/mol. The Morgan fingerprint density at radius 3 is 2.72 bits per heavy atom. The molecule has 0 unspecified atom stereocenters. The van der Waals surface area contributed by atoms with Crippen LogP contribution in [0.4, 0.5) is 0 Å². The second-order valence-electron chi connectivity index (χ2n) is 9.28. The second-order valence-corrected chi connectivity index (χ2v) is 9.28. The van der Waals surface area contributed by atoms with Gasteiger partial charge in [0.05, 0.1) is 13.2 Å². The summed E-state index contributed by atoms with van der Waals surface area (Å²) in [5, 5.41) is 11.3. The molecular weight excluding hydrogens is 404 g/mol. The summed E-state index contributed by atoms with van der Waals surface area (Å²) >= 11 is 0. The number of aryl methyl sites for hydroxylation is 2. The van der Waals surface area contributed by atoms with Crippen LogP contribution in [-0.4, -0.2) is 80.7 Å². The summed E-state index contributed by atoms with van der Waals surface area (Å²) in [6, 6.07) is 12.4. The molecule has 3 rings (SSSR count). The molecule has 2 aromatic carbocycles. The minimum atomic E-state index is -1.07. The van der Waals surface area contributed by atoms with Crippen molar-refractivity contribution in [2.75, 3.05) is 60.2 Å². The molecule has 0 radical (unpaired) electrons. The highest BCUT2D eigenvalue weighted by Crippen LogP contribution is 2.25. The molecule has 6 heteroatoms. The van der Waals surface area contributed by atoms with Crippen LogP contribution < -0.4 is 9.47 Å². The van der Waals surface area contributed by atoms with Gasteiger partial charge in [-0.15, -0.1) is 0 Å². The quantitative estimate of drug-likeness (QED) is 0.644. The molecule has 1 aliphatic heterocycles. The van der Waals surface area contributed by atoms with E-state index in [0.29, 0.717) is 19.8 Å². The smallest absolute Gasteiger partial charge is 0.134 e. The lowest BCUT2D eigenvalue weighted by Crippen LogP contribution is -2.48. The van der Waals surface area contributed by atoms with E-state index in [1.807, 2.05) is 32.3 Å². The van der Waals surface area contributed by atoms with Crippen LogP contribution in [-0.2, 0) is 11.3 Å². The van der Waals surface area contributed by atoms with Crippen molar-refractivity contribution >= 4 is 0 Å². The summed E-state index contributed by atoms with van der Waals surface area (Å²) in [4.78, 5) is 4.33. The molecule has 0 aliphatic carbocycles. The molecule has 2 aromatic rings. The summed E-state index contributed by atoms with van der Waals surface area (Å²) in [7, 11) is 4.07. The summed E-state index contributed by atoms with van der Waals surface area (Å²) in [6.07, 6.45) is 0. The fourth-order valence-corrected chi connectivity index (χ4v) is 3.92. The standard InChI is InChI=1S/C26H38N2O4/c1-20-13-21(2)22(3)25(14-20)32-19-26(29)17-28(10-11-30-18-26)16-23-7-6-8-24(15-23)31-12-9-27(4)5/h6-8,13-15,29H,9-12,16-19H2,1-5H3/t26-/m1/s1. The van der Waals surface area contributed by atoms with Crippen molar-refractivity contribution in [1.82, 2.24) is 9.80 Å². The van der Waals surface area contributed by atoms with Gasteiger partial charge in [0.1, 0.15) is 30.3 Å². The Kier molecular flexibility index (Phi) is 8.54. The van der Waals surface area contributed by atoms with Gasteiger partial charge in [-0.1, -0.05) is 18.2 Å². The maximum Gasteiger partial charge on any atom is 0.134 e. The third kappa shape index (κ3) is 7.20. The Labute approximate surface area is 192 Å². The summed E-state index contributed by atoms with van der Waals surface area (Å²) < 4.78 is 17.7. The number of likely N-dealkylation sites (N-methyl/N-ethyl adjacent to an activating group) is 1. The molecule has 1 atom stereocenters. The van der Waals surface area contributed by atoms with E-state index >= 15 is 0 Å². The topological polar surface area (TPSA) is 54.4 Å². The van der Waals surface area contributed by atoms with E-state index in [1.54, 1.807) is 0 Å². The average Bonchev–Trinajstić information content (AvgIpc) is 2.91. The van der Waals surface area contributed by atoms with Gasteiger partial charge in [-0.05, 0) is 75.3 Å². The van der Waals surface area contributed by atoms with Crippen LogP contribution in [0.15, 0.2) is 36.4 Å². The van der Waals surface area contributed by atoms with E-state index in [2.05, 4.69) is 48.8 Å². The van der Waals surface area contributed by atoms with Crippen LogP contribution in [0.1, 0.15) is 22.3 Å². The largest absolute Gasteiger partial charge is 0.492 e. The first-order valence-corrected chi connectivity index (χ1v) is 11.3. The number of hydrogen-bond donors (Lipinski definition) is 1. The van der Waals surface area contributed by atoms with E-state index in [1.165, 1.54) is 5.56 Å². The second kappa shape index (κ2) is 11.1. The molecule has 0 saturated carbocycles. The number of β-amino-alcohol motifs (C(OH)–C–C–N with tert-alkyl or cyclic N) is 1. The minimum absolute atomic E-state index is 0.195. The van der Waals surface area contributed by atoms with Gasteiger partial charge in [0.25, 0.3) is 0 Å². The van der Waals surface area contributed by atoms with Gasteiger partial charge in [0.15, 0.2) is 0 Å². The molecule has 32 heavy (non-hydrogen) atoms. The molecule has 1 saturated heterocycles. The third-order valence-corrected chi connectivity index (χ3v) is 5.81. The SMILES string of the molecule is Cc1cc(C)c(C)c(OC[C@]2(O)COCCN(Cc3cccc(OCCN(C)C)c3)C2)c1. The van der Waals surface area contributed by atoms with Crippen molar-refractivity contribution in [3.8, 4) is 11.5 Å². The number of aliphatic hydroxyl groups is 1. The lowest BCUT2D eigenvalue weighted by atomic mass is 10.0. The van der Waals surface area contributed by atoms with Crippen molar-refractivity contribution in [3.63, 3.8) is 0 Å². The van der Waals surface area contributed by atoms with E-state index in [4.69, 9.17) is 14.2 Å². The highest BCUT2D eigenvalue weighted by Gasteiger charge is 2.33. The average molecular weight is 443 g/mol. The lowest BCUT2D eigenvalue weighted by Gasteiger charge is -2.31. The number of benzene rings is 2. The van der Waals surface area contributed by atoms with Gasteiger partial charge in [0.2, 0.25) is 0 Å². The molecular formula is C26H38N2O4. The predicted octanol–water partition coefficient (Wildman–Crippen LogP) is 3.19. The molecule has 1 aliphatic rings. The van der Waals surface area contributed by atoms with Crippen molar-refractivity contribution in [2.45, 2.75) is 32.9 Å². The highest BCUT2D eigenvalue weighted by molar-refractivity contribution is 5.42. The zero-order chi connectivity index (χ0) is 23.1. The highest BCUT2D eigenvalue weighted by atomic mass is 16.5. The Bertz CT molecular complexity index is 886. The first-order chi connectivity index (χ1) is 15.2. The van der Waals surface area contributed by atoms with Crippen molar-refractivity contribution in [2.24, 2.45) is 0 Å².